The summed E-state index contributed by atoms with van der Waals surface area (Å²) < 4.78 is 6.01. The summed E-state index contributed by atoms with van der Waals surface area (Å²) in [6, 6.07) is 12.8. The van der Waals surface area contributed by atoms with E-state index in [2.05, 4.69) is 18.2 Å². The zero-order chi connectivity index (χ0) is 26.7. The molecule has 0 aromatic heterocycles. The van der Waals surface area contributed by atoms with Crippen molar-refractivity contribution in [2.24, 2.45) is 5.73 Å². The molecule has 1 saturated heterocycles. The van der Waals surface area contributed by atoms with Crippen molar-refractivity contribution in [2.45, 2.75) is 45.4 Å². The van der Waals surface area contributed by atoms with Crippen molar-refractivity contribution in [1.82, 2.24) is 15.3 Å². The van der Waals surface area contributed by atoms with Crippen molar-refractivity contribution >= 4 is 17.7 Å². The van der Waals surface area contributed by atoms with E-state index in [1.807, 2.05) is 43.0 Å². The lowest BCUT2D eigenvalue weighted by Crippen LogP contribution is -2.53. The number of hydrogen-bond donors (Lipinski definition) is 3. The molecule has 4 N–H and O–H groups in total. The summed E-state index contributed by atoms with van der Waals surface area (Å²) in [5, 5.41) is 9.10. The monoisotopic (exact) mass is 504 g/mol. The first-order chi connectivity index (χ1) is 17.6. The first kappa shape index (κ1) is 26.0. The number of hydroxylamine groups is 1. The van der Waals surface area contributed by atoms with Crippen molar-refractivity contribution in [3.63, 3.8) is 0 Å². The topological polar surface area (TPSA) is 125 Å². The predicted octanol–water partition coefficient (Wildman–Crippen LogP) is 2.44. The molecule has 37 heavy (non-hydrogen) atoms. The molecule has 194 valence electrons. The van der Waals surface area contributed by atoms with E-state index < -0.39 is 23.4 Å². The highest BCUT2D eigenvalue weighted by Gasteiger charge is 2.53. The number of nitrogens with zero attached hydrogens (tertiary/aromatic N) is 2. The lowest BCUT2D eigenvalue weighted by Gasteiger charge is -2.40. The summed E-state index contributed by atoms with van der Waals surface area (Å²) in [5.74, 6) is -0.807. The molecule has 3 amide bonds. The lowest BCUT2D eigenvalue weighted by atomic mass is 9.85. The Balaban J connectivity index is 1.62. The summed E-state index contributed by atoms with van der Waals surface area (Å²) in [4.78, 5) is 40.9. The number of nitrogens with one attached hydrogen (secondary N) is 1. The van der Waals surface area contributed by atoms with Crippen molar-refractivity contribution in [3.05, 3.63) is 88.6 Å². The Hall–Kier alpha value is -4.11. The molecule has 0 bridgehead atoms. The van der Waals surface area contributed by atoms with Crippen molar-refractivity contribution in [2.75, 3.05) is 13.1 Å². The van der Waals surface area contributed by atoms with Crippen LogP contribution in [-0.4, -0.2) is 51.9 Å². The molecule has 0 radical (unpaired) electrons. The molecule has 1 unspecified atom stereocenters. The van der Waals surface area contributed by atoms with Crippen LogP contribution in [-0.2, 0) is 26.5 Å². The van der Waals surface area contributed by atoms with Gasteiger partial charge in [-0.1, -0.05) is 47.5 Å². The van der Waals surface area contributed by atoms with Gasteiger partial charge in [-0.25, -0.2) is 5.48 Å². The van der Waals surface area contributed by atoms with Gasteiger partial charge in [-0.3, -0.25) is 19.6 Å². The lowest BCUT2D eigenvalue weighted by molar-refractivity contribution is -0.146. The van der Waals surface area contributed by atoms with E-state index in [1.165, 1.54) is 16.0 Å². The highest BCUT2D eigenvalue weighted by Crippen LogP contribution is 2.41. The molecular weight excluding hydrogens is 472 g/mol. The Morgan fingerprint density at radius 1 is 1.16 bits per heavy atom. The van der Waals surface area contributed by atoms with Crippen LogP contribution in [0.15, 0.2) is 66.4 Å². The summed E-state index contributed by atoms with van der Waals surface area (Å²) in [6.07, 6.45) is 5.38. The molecule has 0 spiro atoms. The normalized spacial score (nSPS) is 20.0. The number of benzene rings is 2. The molecule has 2 atom stereocenters. The van der Waals surface area contributed by atoms with Crippen LogP contribution in [0, 0.1) is 13.8 Å². The molecular formula is C28H32N4O5. The average Bonchev–Trinajstić information content (AvgIpc) is 3.24. The van der Waals surface area contributed by atoms with Gasteiger partial charge in [-0.15, -0.1) is 0 Å². The minimum Gasteiger partial charge on any atom is -0.489 e. The van der Waals surface area contributed by atoms with Crippen molar-refractivity contribution < 1.29 is 24.3 Å². The number of hydrogen-bond acceptors (Lipinski definition) is 6. The van der Waals surface area contributed by atoms with Crippen molar-refractivity contribution in [1.29, 1.82) is 0 Å². The van der Waals surface area contributed by atoms with Crippen LogP contribution >= 0.6 is 0 Å². The number of ether oxygens (including phenoxy) is 1. The Morgan fingerprint density at radius 2 is 1.84 bits per heavy atom. The number of carbonyl (C=O) groups excluding carboxylic acids is 3. The maximum atomic E-state index is 13.9. The number of primary amides is 1. The second-order valence-electron chi connectivity index (χ2n) is 9.56. The first-order valence-corrected chi connectivity index (χ1v) is 12.2. The Bertz CT molecular complexity index is 1250. The maximum absolute atomic E-state index is 13.9. The molecule has 2 aromatic rings. The molecule has 9 heteroatoms. The Morgan fingerprint density at radius 3 is 2.41 bits per heavy atom. The zero-order valence-electron chi connectivity index (χ0n) is 21.2. The molecule has 2 aliphatic heterocycles. The third kappa shape index (κ3) is 5.08. The SMILES string of the molecule is Cc1cc(C)cc(COc2ccc(C3(N4C=CC(C(N)=O)=CC4)CCN([C@H](C)C(=O)NO)C3=O)cc2)c1. The first-order valence-electron chi connectivity index (χ1n) is 12.2. The van der Waals surface area contributed by atoms with E-state index in [0.717, 1.165) is 11.1 Å². The maximum Gasteiger partial charge on any atom is 0.265 e. The van der Waals surface area contributed by atoms with Gasteiger partial charge in [0.2, 0.25) is 5.91 Å². The predicted molar refractivity (Wildman–Crippen MR) is 137 cm³/mol. The number of rotatable bonds is 8. The van der Waals surface area contributed by atoms with Crippen LogP contribution < -0.4 is 16.0 Å². The highest BCUT2D eigenvalue weighted by molar-refractivity contribution is 5.96. The number of aryl methyl sites for hydroxylation is 2. The standard InChI is InChI=1S/C28H32N4O5/c1-18-14-19(2)16-21(15-18)17-37-24-6-4-23(5-7-24)28(31-11-8-22(9-12-31)25(29)33)10-13-32(27(28)35)20(3)26(34)30-36/h4-9,11,14-16,20,36H,10,12-13,17H2,1-3H3,(H2,29,33)(H,30,34)/t20-,28?/m1/s1. The van der Waals surface area contributed by atoms with E-state index >= 15 is 0 Å². The average molecular weight is 505 g/mol. The Labute approximate surface area is 216 Å². The van der Waals surface area contributed by atoms with Crippen LogP contribution in [0.3, 0.4) is 0 Å². The highest BCUT2D eigenvalue weighted by atomic mass is 16.5. The smallest absolute Gasteiger partial charge is 0.265 e. The molecule has 2 aliphatic rings. The van der Waals surface area contributed by atoms with Gasteiger partial charge in [0.05, 0.1) is 0 Å². The van der Waals surface area contributed by atoms with E-state index in [-0.39, 0.29) is 5.91 Å². The van der Waals surface area contributed by atoms with Gasteiger partial charge in [-0.05, 0) is 50.1 Å². The molecule has 9 nitrogen and oxygen atoms in total. The van der Waals surface area contributed by atoms with E-state index in [1.54, 1.807) is 30.8 Å². The summed E-state index contributed by atoms with van der Waals surface area (Å²) in [5.41, 5.74) is 10.5. The quantitative estimate of drug-likeness (QED) is 0.375. The largest absolute Gasteiger partial charge is 0.489 e. The van der Waals surface area contributed by atoms with Gasteiger partial charge in [0.25, 0.3) is 11.8 Å². The third-order valence-electron chi connectivity index (χ3n) is 7.02. The fourth-order valence-corrected chi connectivity index (χ4v) is 5.14. The molecule has 0 aliphatic carbocycles. The minimum atomic E-state index is -1.10. The van der Waals surface area contributed by atoms with Gasteiger partial charge >= 0.3 is 0 Å². The van der Waals surface area contributed by atoms with Gasteiger partial charge < -0.3 is 20.3 Å². The second kappa shape index (κ2) is 10.5. The summed E-state index contributed by atoms with van der Waals surface area (Å²) in [7, 11) is 0. The van der Waals surface area contributed by atoms with E-state index in [4.69, 9.17) is 15.7 Å². The van der Waals surface area contributed by atoms with Crippen LogP contribution in [0.25, 0.3) is 0 Å². The fourth-order valence-electron chi connectivity index (χ4n) is 5.14. The number of likely N-dealkylation sites (tertiary alicyclic amines) is 1. The molecule has 0 saturated carbocycles. The van der Waals surface area contributed by atoms with E-state index in [9.17, 15) is 14.4 Å². The number of nitrogens with two attached hydrogens (primary N) is 1. The minimum absolute atomic E-state index is 0.270. The van der Waals surface area contributed by atoms with Gasteiger partial charge in [0.15, 0.2) is 0 Å². The van der Waals surface area contributed by atoms with Gasteiger partial charge in [0, 0.05) is 31.3 Å². The number of carbonyl (C=O) groups is 3. The third-order valence-corrected chi connectivity index (χ3v) is 7.02. The summed E-state index contributed by atoms with van der Waals surface area (Å²) in [6.45, 7) is 6.70. The van der Waals surface area contributed by atoms with Gasteiger partial charge in [-0.2, -0.15) is 0 Å². The molecule has 2 aromatic carbocycles. The second-order valence-corrected chi connectivity index (χ2v) is 9.56. The Kier molecular flexibility index (Phi) is 7.35. The van der Waals surface area contributed by atoms with Crippen LogP contribution in [0.1, 0.15) is 35.6 Å². The van der Waals surface area contributed by atoms with E-state index in [0.29, 0.717) is 37.4 Å². The zero-order valence-corrected chi connectivity index (χ0v) is 21.2. The van der Waals surface area contributed by atoms with Crippen molar-refractivity contribution in [3.8, 4) is 5.75 Å². The van der Waals surface area contributed by atoms with Crippen LogP contribution in [0.5, 0.6) is 5.75 Å². The van der Waals surface area contributed by atoms with Crippen LogP contribution in [0.4, 0.5) is 0 Å². The van der Waals surface area contributed by atoms with Crippen LogP contribution in [0.2, 0.25) is 0 Å². The molecule has 4 rings (SSSR count). The molecule has 1 fully saturated rings. The summed E-state index contributed by atoms with van der Waals surface area (Å²) >= 11 is 0. The van der Waals surface area contributed by atoms with Gasteiger partial charge in [0.1, 0.15) is 23.9 Å². The molecule has 2 heterocycles. The fraction of sp³-hybridized carbons (Fsp3) is 0.321. The number of amides is 3.